The van der Waals surface area contributed by atoms with Crippen LogP contribution in [0.25, 0.3) is 5.69 Å². The van der Waals surface area contributed by atoms with Gasteiger partial charge in [0.25, 0.3) is 15.9 Å². The van der Waals surface area contributed by atoms with Crippen molar-refractivity contribution in [2.45, 2.75) is 17.7 Å². The average molecular weight is 454 g/mol. The van der Waals surface area contributed by atoms with Gasteiger partial charge in [0.1, 0.15) is 11.6 Å². The summed E-state index contributed by atoms with van der Waals surface area (Å²) in [6.07, 6.45) is 3.18. The zero-order valence-electron chi connectivity index (χ0n) is 17.7. The highest BCUT2D eigenvalue weighted by atomic mass is 32.2. The fourth-order valence-corrected chi connectivity index (χ4v) is 4.49. The Bertz CT molecular complexity index is 1270. The third-order valence-corrected chi connectivity index (χ3v) is 6.41. The molecule has 3 aromatic rings. The molecule has 0 bridgehead atoms. The SMILES string of the molecule is COc1ccc(-n2ccc(C(=O)Nc3cccc(S(=O)(=O)N=C4CCCN4C)c3)n2)cc1. The largest absolute Gasteiger partial charge is 0.497 e. The first-order chi connectivity index (χ1) is 15.4. The number of hydrogen-bond donors (Lipinski definition) is 1. The van der Waals surface area contributed by atoms with Crippen LogP contribution in [0.15, 0.2) is 70.1 Å². The number of sulfonamides is 1. The van der Waals surface area contributed by atoms with Crippen molar-refractivity contribution in [3.05, 3.63) is 66.5 Å². The van der Waals surface area contributed by atoms with Gasteiger partial charge in [-0.1, -0.05) is 6.07 Å². The summed E-state index contributed by atoms with van der Waals surface area (Å²) in [6, 6.07) is 14.9. The van der Waals surface area contributed by atoms with Crippen LogP contribution >= 0.6 is 0 Å². The molecular formula is C22H23N5O4S. The standard InChI is InChI=1S/C22H23N5O4S/c1-26-13-4-7-21(26)25-32(29,30)19-6-3-5-16(15-19)23-22(28)20-12-14-27(24-20)17-8-10-18(31-2)11-9-17/h3,5-6,8-12,14-15H,4,7,13H2,1-2H3,(H,23,28). The molecule has 0 unspecified atom stereocenters. The first kappa shape index (κ1) is 21.6. The van der Waals surface area contributed by atoms with Crippen LogP contribution in [0, 0.1) is 0 Å². The number of ether oxygens (including phenoxy) is 1. The number of aromatic nitrogens is 2. The first-order valence-corrected chi connectivity index (χ1v) is 11.5. The maximum atomic E-state index is 12.7. The van der Waals surface area contributed by atoms with E-state index in [0.29, 0.717) is 17.9 Å². The van der Waals surface area contributed by atoms with Gasteiger partial charge >= 0.3 is 0 Å². The number of benzene rings is 2. The van der Waals surface area contributed by atoms with Gasteiger partial charge in [-0.05, 0) is 55.0 Å². The number of rotatable bonds is 6. The summed E-state index contributed by atoms with van der Waals surface area (Å²) in [7, 11) is -0.461. The van der Waals surface area contributed by atoms with Crippen molar-refractivity contribution in [2.75, 3.05) is 26.0 Å². The maximum absolute atomic E-state index is 12.7. The molecule has 1 aromatic heterocycles. The molecular weight excluding hydrogens is 430 g/mol. The van der Waals surface area contributed by atoms with E-state index in [2.05, 4.69) is 14.8 Å². The Kier molecular flexibility index (Phi) is 5.95. The molecule has 166 valence electrons. The summed E-state index contributed by atoms with van der Waals surface area (Å²) >= 11 is 0. The fourth-order valence-electron chi connectivity index (χ4n) is 3.35. The predicted octanol–water partition coefficient (Wildman–Crippen LogP) is 2.95. The Morgan fingerprint density at radius 2 is 1.94 bits per heavy atom. The minimum absolute atomic E-state index is 0.0202. The average Bonchev–Trinajstić information content (AvgIpc) is 3.43. The number of likely N-dealkylation sites (tertiary alicyclic amines) is 1. The van der Waals surface area contributed by atoms with Crippen LogP contribution in [0.1, 0.15) is 23.3 Å². The first-order valence-electron chi connectivity index (χ1n) is 10.0. The minimum atomic E-state index is -3.87. The second-order valence-electron chi connectivity index (χ2n) is 7.33. The van der Waals surface area contributed by atoms with Gasteiger partial charge in [-0.2, -0.15) is 13.5 Å². The highest BCUT2D eigenvalue weighted by Crippen LogP contribution is 2.21. The van der Waals surface area contributed by atoms with Crippen molar-refractivity contribution >= 4 is 27.5 Å². The van der Waals surface area contributed by atoms with E-state index in [-0.39, 0.29) is 10.6 Å². The van der Waals surface area contributed by atoms with E-state index in [1.54, 1.807) is 48.3 Å². The summed E-state index contributed by atoms with van der Waals surface area (Å²) in [6.45, 7) is 0.785. The number of carbonyl (C=O) groups is 1. The highest BCUT2D eigenvalue weighted by molar-refractivity contribution is 7.90. The number of nitrogens with one attached hydrogen (secondary N) is 1. The summed E-state index contributed by atoms with van der Waals surface area (Å²) < 4.78 is 36.1. The number of nitrogens with zero attached hydrogens (tertiary/aromatic N) is 4. The number of amidine groups is 1. The van der Waals surface area contributed by atoms with E-state index >= 15 is 0 Å². The van der Waals surface area contributed by atoms with E-state index < -0.39 is 15.9 Å². The molecule has 2 aromatic carbocycles. The van der Waals surface area contributed by atoms with E-state index in [9.17, 15) is 13.2 Å². The van der Waals surface area contributed by atoms with E-state index in [1.807, 2.05) is 24.1 Å². The van der Waals surface area contributed by atoms with Crippen molar-refractivity contribution in [3.63, 3.8) is 0 Å². The normalized spacial score (nSPS) is 15.2. The van der Waals surface area contributed by atoms with Crippen molar-refractivity contribution in [1.29, 1.82) is 0 Å². The van der Waals surface area contributed by atoms with Crippen molar-refractivity contribution < 1.29 is 17.9 Å². The quantitative estimate of drug-likeness (QED) is 0.615. The molecule has 1 amide bonds. The van der Waals surface area contributed by atoms with Crippen molar-refractivity contribution in [1.82, 2.24) is 14.7 Å². The van der Waals surface area contributed by atoms with Gasteiger partial charge in [-0.25, -0.2) is 4.68 Å². The van der Waals surface area contributed by atoms with Gasteiger partial charge in [0.2, 0.25) is 0 Å². The molecule has 0 radical (unpaired) electrons. The molecule has 1 aliphatic heterocycles. The monoisotopic (exact) mass is 453 g/mol. The van der Waals surface area contributed by atoms with Crippen molar-refractivity contribution in [2.24, 2.45) is 4.40 Å². The predicted molar refractivity (Wildman–Crippen MR) is 121 cm³/mol. The second-order valence-corrected chi connectivity index (χ2v) is 8.94. The molecule has 1 aliphatic rings. The van der Waals surface area contributed by atoms with Crippen LogP contribution in [0.3, 0.4) is 0 Å². The van der Waals surface area contributed by atoms with Gasteiger partial charge < -0.3 is 15.0 Å². The van der Waals surface area contributed by atoms with Crippen LogP contribution in [-0.4, -0.2) is 55.5 Å². The van der Waals surface area contributed by atoms with Crippen LogP contribution < -0.4 is 10.1 Å². The molecule has 4 rings (SSSR count). The van der Waals surface area contributed by atoms with Gasteiger partial charge in [-0.15, -0.1) is 4.40 Å². The zero-order chi connectivity index (χ0) is 22.7. The maximum Gasteiger partial charge on any atom is 0.284 e. The molecule has 1 N–H and O–H groups in total. The van der Waals surface area contributed by atoms with Crippen LogP contribution in [-0.2, 0) is 10.0 Å². The van der Waals surface area contributed by atoms with Crippen molar-refractivity contribution in [3.8, 4) is 11.4 Å². The molecule has 0 spiro atoms. The van der Waals surface area contributed by atoms with E-state index in [0.717, 1.165) is 24.4 Å². The summed E-state index contributed by atoms with van der Waals surface area (Å²) in [5, 5.41) is 7.00. The fraction of sp³-hybridized carbons (Fsp3) is 0.227. The molecule has 9 nitrogen and oxygen atoms in total. The lowest BCUT2D eigenvalue weighted by atomic mass is 10.3. The van der Waals surface area contributed by atoms with Gasteiger partial charge in [0.15, 0.2) is 5.69 Å². The molecule has 1 saturated heterocycles. The summed E-state index contributed by atoms with van der Waals surface area (Å²) in [5.41, 5.74) is 1.31. The van der Waals surface area contributed by atoms with E-state index in [4.69, 9.17) is 4.74 Å². The highest BCUT2D eigenvalue weighted by Gasteiger charge is 2.21. The molecule has 0 saturated carbocycles. The van der Waals surface area contributed by atoms with Gasteiger partial charge in [0.05, 0.1) is 17.7 Å². The number of amides is 1. The molecule has 0 aliphatic carbocycles. The molecule has 10 heteroatoms. The summed E-state index contributed by atoms with van der Waals surface area (Å²) in [4.78, 5) is 14.5. The number of carbonyl (C=O) groups excluding carboxylic acids is 1. The Morgan fingerprint density at radius 1 is 1.16 bits per heavy atom. The number of methoxy groups -OCH3 is 1. The number of anilines is 1. The third kappa shape index (κ3) is 4.65. The van der Waals surface area contributed by atoms with Gasteiger partial charge in [-0.3, -0.25) is 4.79 Å². The van der Waals surface area contributed by atoms with Gasteiger partial charge in [0, 0.05) is 31.9 Å². The third-order valence-electron chi connectivity index (χ3n) is 5.11. The van der Waals surface area contributed by atoms with Crippen LogP contribution in [0.2, 0.25) is 0 Å². The minimum Gasteiger partial charge on any atom is -0.497 e. The number of hydrogen-bond acceptors (Lipinski definition) is 5. The summed E-state index contributed by atoms with van der Waals surface area (Å²) in [5.74, 6) is 0.815. The Labute approximate surface area is 186 Å². The zero-order valence-corrected chi connectivity index (χ0v) is 18.5. The molecule has 2 heterocycles. The Balaban J connectivity index is 1.50. The lowest BCUT2D eigenvalue weighted by Crippen LogP contribution is -2.20. The van der Waals surface area contributed by atoms with Crippen LogP contribution in [0.4, 0.5) is 5.69 Å². The molecule has 32 heavy (non-hydrogen) atoms. The molecule has 1 fully saturated rings. The Hall–Kier alpha value is -3.66. The topological polar surface area (TPSA) is 106 Å². The van der Waals surface area contributed by atoms with Crippen LogP contribution in [0.5, 0.6) is 5.75 Å². The van der Waals surface area contributed by atoms with E-state index in [1.165, 1.54) is 12.1 Å². The lowest BCUT2D eigenvalue weighted by Gasteiger charge is -2.11. The second kappa shape index (κ2) is 8.83. The Morgan fingerprint density at radius 3 is 2.62 bits per heavy atom. The lowest BCUT2D eigenvalue weighted by molar-refractivity contribution is 0.102. The molecule has 0 atom stereocenters. The smallest absolute Gasteiger partial charge is 0.284 e.